The van der Waals surface area contributed by atoms with Crippen molar-refractivity contribution in [3.63, 3.8) is 0 Å². The zero-order chi connectivity index (χ0) is 25.9. The standard InChI is InChI=1S/C28H31F2N5O/c1-5-7-8-13-32-27(36)20-11-12-28(4,16-19(20)6-2)34-25-26-33-17-22(35(26)15-14-31-25)21-10-9-18(3)23(29)24(21)30/h1,9,11,14-17,21H,6-8,10,12-13H2,2-4H3,(H,31,34)(H,32,36). The molecule has 188 valence electrons. The topological polar surface area (TPSA) is 71.3 Å². The van der Waals surface area contributed by atoms with Gasteiger partial charge in [-0.15, -0.1) is 12.3 Å². The number of rotatable bonds is 8. The fourth-order valence-electron chi connectivity index (χ4n) is 4.71. The summed E-state index contributed by atoms with van der Waals surface area (Å²) in [7, 11) is 0. The lowest BCUT2D eigenvalue weighted by molar-refractivity contribution is -0.117. The molecule has 0 saturated carbocycles. The zero-order valence-corrected chi connectivity index (χ0v) is 20.9. The van der Waals surface area contributed by atoms with E-state index in [0.29, 0.717) is 60.5 Å². The van der Waals surface area contributed by atoms with E-state index in [2.05, 4.69) is 32.6 Å². The van der Waals surface area contributed by atoms with Crippen molar-refractivity contribution in [3.05, 3.63) is 70.9 Å². The highest BCUT2D eigenvalue weighted by molar-refractivity contribution is 5.98. The minimum absolute atomic E-state index is 0.0978. The molecule has 36 heavy (non-hydrogen) atoms. The number of anilines is 1. The van der Waals surface area contributed by atoms with Crippen LogP contribution in [-0.2, 0) is 4.79 Å². The lowest BCUT2D eigenvalue weighted by atomic mass is 9.84. The van der Waals surface area contributed by atoms with Gasteiger partial charge in [0.2, 0.25) is 0 Å². The molecular formula is C28H31F2N5O. The van der Waals surface area contributed by atoms with Gasteiger partial charge in [0.05, 0.1) is 23.3 Å². The first-order valence-corrected chi connectivity index (χ1v) is 12.2. The molecule has 2 heterocycles. The molecule has 0 fully saturated rings. The SMILES string of the molecule is C#CCCCNC(=O)C1=CCC(C)(Nc2nccn3c(C4CC=C(C)C(F)=C4F)cnc23)C=C1CC. The first-order chi connectivity index (χ1) is 17.3. The van der Waals surface area contributed by atoms with E-state index in [1.807, 2.05) is 19.9 Å². The highest BCUT2D eigenvalue weighted by Crippen LogP contribution is 2.39. The number of fused-ring (bicyclic) bond motifs is 1. The third-order valence-corrected chi connectivity index (χ3v) is 6.72. The summed E-state index contributed by atoms with van der Waals surface area (Å²) in [6, 6.07) is 0. The smallest absolute Gasteiger partial charge is 0.251 e. The average molecular weight is 492 g/mol. The van der Waals surface area contributed by atoms with Gasteiger partial charge in [-0.2, -0.15) is 0 Å². The number of imidazole rings is 1. The second kappa shape index (κ2) is 10.5. The predicted octanol–water partition coefficient (Wildman–Crippen LogP) is 5.68. The Kier molecular flexibility index (Phi) is 7.39. The maximum absolute atomic E-state index is 14.8. The van der Waals surface area contributed by atoms with Crippen molar-refractivity contribution in [3.8, 4) is 12.3 Å². The lowest BCUT2D eigenvalue weighted by Crippen LogP contribution is -2.37. The van der Waals surface area contributed by atoms with Gasteiger partial charge in [0.25, 0.3) is 5.91 Å². The Hall–Kier alpha value is -3.73. The van der Waals surface area contributed by atoms with Gasteiger partial charge in [-0.25, -0.2) is 18.7 Å². The van der Waals surface area contributed by atoms with Crippen LogP contribution in [0.2, 0.25) is 0 Å². The second-order valence-corrected chi connectivity index (χ2v) is 9.44. The summed E-state index contributed by atoms with van der Waals surface area (Å²) >= 11 is 0. The van der Waals surface area contributed by atoms with Crippen LogP contribution >= 0.6 is 0 Å². The summed E-state index contributed by atoms with van der Waals surface area (Å²) in [4.78, 5) is 21.7. The van der Waals surface area contributed by atoms with Gasteiger partial charge in [0.1, 0.15) is 5.83 Å². The van der Waals surface area contributed by atoms with E-state index in [-0.39, 0.29) is 5.91 Å². The van der Waals surface area contributed by atoms with Crippen molar-refractivity contribution in [2.75, 3.05) is 11.9 Å². The molecule has 8 heteroatoms. The number of hydrogen-bond donors (Lipinski definition) is 2. The summed E-state index contributed by atoms with van der Waals surface area (Å²) in [5, 5.41) is 6.41. The number of hydrogen-bond acceptors (Lipinski definition) is 4. The molecule has 2 unspecified atom stereocenters. The molecule has 0 aliphatic heterocycles. The Morgan fingerprint density at radius 2 is 2.14 bits per heavy atom. The molecule has 2 atom stereocenters. The van der Waals surface area contributed by atoms with Crippen LogP contribution in [0.5, 0.6) is 0 Å². The fourth-order valence-corrected chi connectivity index (χ4v) is 4.71. The highest BCUT2D eigenvalue weighted by atomic mass is 19.2. The Morgan fingerprint density at radius 1 is 1.33 bits per heavy atom. The van der Waals surface area contributed by atoms with Gasteiger partial charge in [0, 0.05) is 30.9 Å². The van der Waals surface area contributed by atoms with Gasteiger partial charge in [-0.1, -0.05) is 25.2 Å². The van der Waals surface area contributed by atoms with Crippen LogP contribution in [0.1, 0.15) is 64.5 Å². The molecule has 0 saturated heterocycles. The number of allylic oxidation sites excluding steroid dienone is 4. The predicted molar refractivity (Wildman–Crippen MR) is 138 cm³/mol. The van der Waals surface area contributed by atoms with Gasteiger partial charge >= 0.3 is 0 Å². The molecule has 2 N–H and O–H groups in total. The number of aromatic nitrogens is 3. The van der Waals surface area contributed by atoms with Crippen molar-refractivity contribution in [1.82, 2.24) is 19.7 Å². The summed E-state index contributed by atoms with van der Waals surface area (Å²) in [6.07, 6.45) is 18.9. The van der Waals surface area contributed by atoms with Crippen LogP contribution in [-0.4, -0.2) is 32.4 Å². The van der Waals surface area contributed by atoms with Crippen molar-refractivity contribution in [1.29, 1.82) is 0 Å². The minimum Gasteiger partial charge on any atom is -0.358 e. The molecule has 1 amide bonds. The highest BCUT2D eigenvalue weighted by Gasteiger charge is 2.31. The van der Waals surface area contributed by atoms with E-state index < -0.39 is 23.1 Å². The Labute approximate surface area is 210 Å². The van der Waals surface area contributed by atoms with Gasteiger partial charge in [-0.05, 0) is 50.7 Å². The van der Waals surface area contributed by atoms with E-state index in [4.69, 9.17) is 6.42 Å². The quantitative estimate of drug-likeness (QED) is 0.368. The third-order valence-electron chi connectivity index (χ3n) is 6.72. The molecule has 4 rings (SSSR count). The number of unbranched alkanes of at least 4 members (excludes halogenated alkanes) is 1. The number of nitrogens with one attached hydrogen (secondary N) is 2. The number of nitrogens with zero attached hydrogens (tertiary/aromatic N) is 3. The zero-order valence-electron chi connectivity index (χ0n) is 20.9. The van der Waals surface area contributed by atoms with Gasteiger partial charge in [-0.3, -0.25) is 9.20 Å². The van der Waals surface area contributed by atoms with Crippen molar-refractivity contribution in [2.24, 2.45) is 0 Å². The van der Waals surface area contributed by atoms with Crippen molar-refractivity contribution in [2.45, 2.75) is 64.3 Å². The van der Waals surface area contributed by atoms with Crippen molar-refractivity contribution >= 4 is 17.4 Å². The van der Waals surface area contributed by atoms with Gasteiger partial charge < -0.3 is 10.6 Å². The average Bonchev–Trinajstić information content (AvgIpc) is 3.30. The fraction of sp³-hybridized carbons (Fsp3) is 0.393. The Bertz CT molecular complexity index is 1340. The van der Waals surface area contributed by atoms with Crippen LogP contribution in [0.3, 0.4) is 0 Å². The van der Waals surface area contributed by atoms with E-state index in [0.717, 1.165) is 12.0 Å². The van der Waals surface area contributed by atoms with E-state index in [1.165, 1.54) is 0 Å². The number of carbonyl (C=O) groups excluding carboxylic acids is 1. The molecule has 6 nitrogen and oxygen atoms in total. The molecule has 2 aliphatic carbocycles. The summed E-state index contributed by atoms with van der Waals surface area (Å²) in [5.41, 5.74) is 2.51. The lowest BCUT2D eigenvalue weighted by Gasteiger charge is -2.32. The maximum atomic E-state index is 14.8. The molecule has 0 spiro atoms. The number of halogens is 2. The van der Waals surface area contributed by atoms with Crippen LogP contribution in [0.15, 0.2) is 65.2 Å². The summed E-state index contributed by atoms with van der Waals surface area (Å²) in [6.45, 7) is 6.15. The second-order valence-electron chi connectivity index (χ2n) is 9.44. The number of carbonyl (C=O) groups is 1. The van der Waals surface area contributed by atoms with Crippen LogP contribution in [0.4, 0.5) is 14.6 Å². The summed E-state index contributed by atoms with van der Waals surface area (Å²) in [5.74, 6) is 0.697. The minimum atomic E-state index is -0.803. The Balaban J connectivity index is 1.56. The van der Waals surface area contributed by atoms with Crippen molar-refractivity contribution < 1.29 is 13.6 Å². The molecule has 0 bridgehead atoms. The van der Waals surface area contributed by atoms with Crippen LogP contribution in [0, 0.1) is 12.3 Å². The molecule has 0 aromatic carbocycles. The number of terminal acetylenes is 1. The van der Waals surface area contributed by atoms with E-state index in [9.17, 15) is 13.6 Å². The first-order valence-electron chi connectivity index (χ1n) is 12.2. The third kappa shape index (κ3) is 4.97. The van der Waals surface area contributed by atoms with Crippen LogP contribution < -0.4 is 10.6 Å². The molecule has 2 aliphatic rings. The van der Waals surface area contributed by atoms with Gasteiger partial charge in [0.15, 0.2) is 17.3 Å². The van der Waals surface area contributed by atoms with Crippen LogP contribution in [0.25, 0.3) is 5.65 Å². The molecule has 2 aromatic heterocycles. The summed E-state index contributed by atoms with van der Waals surface area (Å²) < 4.78 is 30.8. The molecule has 0 radical (unpaired) electrons. The largest absolute Gasteiger partial charge is 0.358 e. The molecule has 2 aromatic rings. The normalized spacial score (nSPS) is 22.0. The maximum Gasteiger partial charge on any atom is 0.251 e. The first kappa shape index (κ1) is 25.4. The molecular weight excluding hydrogens is 460 g/mol. The van der Waals surface area contributed by atoms with E-state index >= 15 is 0 Å². The Morgan fingerprint density at radius 3 is 2.89 bits per heavy atom. The monoisotopic (exact) mass is 491 g/mol. The number of amides is 1. The van der Waals surface area contributed by atoms with E-state index in [1.54, 1.807) is 36.0 Å².